The molecular weight excluding hydrogens is 2020 g/mol. The average molecular weight is 2210 g/mol. The molecule has 0 atom stereocenters. The summed E-state index contributed by atoms with van der Waals surface area (Å²) in [4.78, 5) is 0. The third-order valence-corrected chi connectivity index (χ3v) is 60.2. The maximum absolute atomic E-state index is 8.25. The predicted octanol–water partition coefficient (Wildman–Crippen LogP) is 30.0. The molecule has 0 bridgehead atoms. The number of unbranched alkanes of at least 4 members (excludes halogenated alkanes) is 6. The second kappa shape index (κ2) is 140. The van der Waals surface area contributed by atoms with Gasteiger partial charge in [0.2, 0.25) is 20.8 Å². The van der Waals surface area contributed by atoms with E-state index in [2.05, 4.69) is 111 Å². The first-order chi connectivity index (χ1) is 38.3. The third-order valence-electron chi connectivity index (χ3n) is 9.24. The van der Waals surface area contributed by atoms with Crippen LogP contribution in [0.3, 0.4) is 0 Å². The molecule has 0 heterocycles. The Kier molecular flexibility index (Phi) is 280. The molecule has 0 aromatic heterocycles. The molecule has 0 radical (unpaired) electrons. The van der Waals surface area contributed by atoms with Gasteiger partial charge in [-0.15, -0.1) is 108 Å². The Morgan fingerprint density at radius 1 is 0.373 bits per heavy atom. The second-order valence-electron chi connectivity index (χ2n) is 21.2. The van der Waals surface area contributed by atoms with E-state index in [0.29, 0.717) is 25.7 Å². The van der Waals surface area contributed by atoms with Crippen LogP contribution in [0.2, 0.25) is 116 Å². The minimum atomic E-state index is -3.06. The number of rotatable bonds is 29. The Morgan fingerprint density at radius 2 is 0.539 bits per heavy atom. The van der Waals surface area contributed by atoms with Gasteiger partial charge in [0, 0.05) is 104 Å². The SMILES string of the molecule is C.C.C.C.C.C.C.C.C.C.C.C.C.C.C.C.C=CCBr.C=CCOC.C=CCOC.CO.COCCCCC[Si](C)(Cl)Cl.COCCCCC[Si](C)(Cl)Cl.COCCCCC[Si](C)([Si](C)(C)C)[Si](C)(C)C.COC[Si](C)(Cl)Cl.COC[Si](C)(Cl)Cl.C[O-].C[SiH](Cl)Cl.C[Si](C)(C)Cl.[Cl][Pt]([Cl])([Cl])[Cl].[Na+]. The van der Waals surface area contributed by atoms with Crippen LogP contribution in [-0.4, -0.2) is 184 Å². The maximum atomic E-state index is 8.25. The topological polar surface area (TPSA) is 108 Å². The van der Waals surface area contributed by atoms with Gasteiger partial charge in [-0.3, -0.25) is 0 Å². The molecule has 0 spiro atoms. The van der Waals surface area contributed by atoms with Crippen molar-refractivity contribution in [2.45, 2.75) is 293 Å². The number of ether oxygens (including phenoxy) is 7. The predicted molar refractivity (Wildman–Crippen MR) is 534 cm³/mol. The fourth-order valence-corrected chi connectivity index (χ4v) is 48.2. The number of hydrogen-bond donors (Lipinski definition) is 1. The van der Waals surface area contributed by atoms with Crippen molar-refractivity contribution >= 4 is 239 Å². The van der Waals surface area contributed by atoms with E-state index in [1.54, 1.807) is 66.9 Å². The van der Waals surface area contributed by atoms with E-state index in [4.69, 9.17) is 193 Å². The summed E-state index contributed by atoms with van der Waals surface area (Å²) in [6.07, 6.45) is 17.2. The van der Waals surface area contributed by atoms with E-state index < -0.39 is 75.8 Å². The van der Waals surface area contributed by atoms with E-state index in [9.17, 15) is 0 Å². The maximum Gasteiger partial charge on any atom is 1.00 e. The standard InChI is InChI=1S/C13H34OSi3.2C7H16Cl2OSi.2C4H8O.C3H5Br.2C3H8Cl2OSi.C3H9ClSi.CH4Cl2Si.CH4O.CH3O.16CH4.4ClH.Na.Pt/c1-14-12-10-9-11-13-17(8,15(2,3)4)16(5,6)7;2*1-10-6-4-3-5-7-11(2,8)9;2*1-3-4-5-2;1-2-3-4;2*1-6-3-7(2,4)5;1-5(2,3)4;1-4(2)3;2*1-2;;;;;;;;;;;;;;;;;;;;;;/h9-13H2,1-8H3;2*3-7H2,1-2H3;2*3H,1,4H2,2H3;2H,1,3H2;2*3H2,1-2H3;1-3H3;4H,1H3;2H,1H3;1H3;16*1H4;4*1H;;/q;;;;;;;;;;;-1;;;;;;;;;;;;;;;;;;;;;+1;+4/p-4. The fourth-order valence-electron chi connectivity index (χ4n) is 5.24. The molecule has 664 valence electrons. The molecule has 0 unspecified atom stereocenters. The smallest absolute Gasteiger partial charge is 1.00 e. The summed E-state index contributed by atoms with van der Waals surface area (Å²) in [5.41, 5.74) is 0. The van der Waals surface area contributed by atoms with E-state index in [-0.39, 0.29) is 148 Å². The van der Waals surface area contributed by atoms with Gasteiger partial charge in [-0.25, -0.2) is 0 Å². The van der Waals surface area contributed by atoms with Gasteiger partial charge in [0.25, 0.3) is 13.4 Å². The molecule has 0 rings (SSSR count). The van der Waals surface area contributed by atoms with Gasteiger partial charge in [0.15, 0.2) is 0 Å². The molecule has 0 aliphatic carbocycles. The molecule has 0 fully saturated rings. The van der Waals surface area contributed by atoms with Crippen molar-refractivity contribution in [1.29, 1.82) is 0 Å². The number of hydrogen-bond acceptors (Lipinski definition) is 9. The zero-order valence-corrected chi connectivity index (χ0v) is 84.0. The van der Waals surface area contributed by atoms with Crippen molar-refractivity contribution in [2.24, 2.45) is 0 Å². The molecule has 0 amide bonds. The molecule has 0 aromatic rings. The zero-order chi connectivity index (χ0) is 71.3. The summed E-state index contributed by atoms with van der Waals surface area (Å²) in [5.74, 6) is 0. The van der Waals surface area contributed by atoms with E-state index in [0.717, 1.165) is 77.1 Å². The van der Waals surface area contributed by atoms with Crippen LogP contribution in [0, 0.1) is 0 Å². The number of aliphatic hydroxyl groups is 1. The molecule has 0 aliphatic rings. The summed E-state index contributed by atoms with van der Waals surface area (Å²) in [7, 11) is 28.3. The van der Waals surface area contributed by atoms with Crippen LogP contribution in [0.5, 0.6) is 0 Å². The largest absolute Gasteiger partial charge is 1.00 e. The van der Waals surface area contributed by atoms with Gasteiger partial charge < -0.3 is 43.4 Å². The molecule has 0 saturated heterocycles. The Hall–Kier alpha value is 7.33. The molecule has 102 heavy (non-hydrogen) atoms. The van der Waals surface area contributed by atoms with Gasteiger partial charge in [0.1, 0.15) is 7.38 Å². The van der Waals surface area contributed by atoms with Crippen molar-refractivity contribution in [3.8, 4) is 0 Å². The monoisotopic (exact) mass is 2200 g/mol. The summed E-state index contributed by atoms with van der Waals surface area (Å²) >= 11 is 62.2. The van der Waals surface area contributed by atoms with Crippen LogP contribution >= 0.6 is 175 Å². The van der Waals surface area contributed by atoms with Gasteiger partial charge in [-0.1, -0.05) is 263 Å². The summed E-state index contributed by atoms with van der Waals surface area (Å²) < 4.78 is 33.5. The average Bonchev–Trinajstić information content (AvgIpc) is 3.31. The number of halogens is 16. The first-order valence-corrected chi connectivity index (χ1v) is 79.1. The van der Waals surface area contributed by atoms with Crippen LogP contribution in [-0.2, 0) is 45.1 Å². The van der Waals surface area contributed by atoms with Gasteiger partial charge in [-0.2, -0.15) is 40.3 Å². The first-order valence-electron chi connectivity index (χ1n) is 26.9. The van der Waals surface area contributed by atoms with E-state index in [1.165, 1.54) is 32.1 Å². The fraction of sp³-hybridized carbons (Fsp3) is 0.909. The van der Waals surface area contributed by atoms with Gasteiger partial charge in [0.05, 0.1) is 25.7 Å². The molecule has 9 nitrogen and oxygen atoms in total. The van der Waals surface area contributed by atoms with Crippen molar-refractivity contribution in [3.63, 3.8) is 0 Å². The molecule has 0 aliphatic heterocycles. The Bertz CT molecular complexity index is 1210. The van der Waals surface area contributed by atoms with E-state index >= 15 is 0 Å². The van der Waals surface area contributed by atoms with Crippen LogP contribution < -0.4 is 34.7 Å². The van der Waals surface area contributed by atoms with E-state index in [1.807, 2.05) is 39.8 Å². The minimum absolute atomic E-state index is 0. The zero-order valence-electron chi connectivity index (χ0n) is 57.6. The first kappa shape index (κ1) is 204. The van der Waals surface area contributed by atoms with Gasteiger partial charge in [-0.05, 0) is 64.1 Å². The van der Waals surface area contributed by atoms with Crippen LogP contribution in [0.1, 0.15) is 177 Å². The quantitative estimate of drug-likeness (QED) is 0.0258. The molecule has 0 aromatic carbocycles. The van der Waals surface area contributed by atoms with Gasteiger partial charge >= 0.3 is 79.1 Å². The summed E-state index contributed by atoms with van der Waals surface area (Å²) in [6, 6.07) is 3.57. The minimum Gasteiger partial charge on any atom is 1.00 e. The van der Waals surface area contributed by atoms with Crippen molar-refractivity contribution in [2.75, 3.05) is 115 Å². The Morgan fingerprint density at radius 3 is 0.618 bits per heavy atom. The Balaban J connectivity index is -0.0000000201. The Labute approximate surface area is 760 Å². The van der Waals surface area contributed by atoms with Crippen LogP contribution in [0.4, 0.5) is 0 Å². The molecule has 1 N–H and O–H groups in total. The summed E-state index contributed by atoms with van der Waals surface area (Å²) in [6.45, 7) is 40.8. The molecule has 36 heteroatoms. The van der Waals surface area contributed by atoms with Crippen LogP contribution in [0.25, 0.3) is 0 Å². The number of allylic oxidation sites excluding steroid dienone is 1. The number of methoxy groups -OCH3 is 7. The van der Waals surface area contributed by atoms with Crippen molar-refractivity contribution in [1.82, 2.24) is 0 Å². The number of aliphatic hydroxyl groups excluding tert-OH is 1. The second-order valence-corrected chi connectivity index (χ2v) is 116. The molecular formula is C66H187BrCl15NaO9PtSi9. The molecule has 0 saturated carbocycles. The summed E-state index contributed by atoms with van der Waals surface area (Å²) in [5, 5.41) is 16.1. The number of alkyl halides is 1. The van der Waals surface area contributed by atoms with Crippen LogP contribution in [0.15, 0.2) is 38.0 Å². The van der Waals surface area contributed by atoms with Crippen molar-refractivity contribution < 1.29 is 84.8 Å². The normalized spacial score (nSPS) is 9.36. The third kappa shape index (κ3) is 312. The van der Waals surface area contributed by atoms with Crippen molar-refractivity contribution in [3.05, 3.63) is 38.0 Å².